The molecule has 0 radical (unpaired) electrons. The molecule has 13 heteroatoms. The van der Waals surface area contributed by atoms with E-state index in [0.717, 1.165) is 0 Å². The van der Waals surface area contributed by atoms with E-state index in [1.54, 1.807) is 0 Å². The summed E-state index contributed by atoms with van der Waals surface area (Å²) < 4.78 is 117. The van der Waals surface area contributed by atoms with Crippen LogP contribution in [-0.4, -0.2) is 49.3 Å². The number of halogens is 6. The van der Waals surface area contributed by atoms with E-state index in [0.29, 0.717) is 0 Å². The van der Waals surface area contributed by atoms with Gasteiger partial charge in [-0.15, -0.1) is 0 Å². The second-order valence-electron chi connectivity index (χ2n) is 4.97. The van der Waals surface area contributed by atoms with Gasteiger partial charge in [0.2, 0.25) is 0 Å². The van der Waals surface area contributed by atoms with Crippen molar-refractivity contribution >= 4 is 16.1 Å². The van der Waals surface area contributed by atoms with Crippen molar-refractivity contribution in [3.63, 3.8) is 0 Å². The lowest BCUT2D eigenvalue weighted by atomic mass is 10.1. The van der Waals surface area contributed by atoms with Crippen molar-refractivity contribution in [1.82, 2.24) is 0 Å². The van der Waals surface area contributed by atoms with Crippen LogP contribution in [0.1, 0.15) is 19.3 Å². The van der Waals surface area contributed by atoms with Crippen LogP contribution < -0.4 is 0 Å². The number of allylic oxidation sites excluding steroid dienone is 1. The van der Waals surface area contributed by atoms with Gasteiger partial charge in [-0.2, -0.15) is 26.3 Å². The van der Waals surface area contributed by atoms with Gasteiger partial charge in [0.1, 0.15) is 5.76 Å². The first-order chi connectivity index (χ1) is 11.6. The normalized spacial score (nSPS) is 13.2. The Morgan fingerprint density at radius 3 is 1.96 bits per heavy atom. The first-order valence-electron chi connectivity index (χ1n) is 6.79. The highest BCUT2D eigenvalue weighted by Gasteiger charge is 2.75. The van der Waals surface area contributed by atoms with Gasteiger partial charge in [-0.25, -0.2) is 8.42 Å². The molecule has 0 spiro atoms. The van der Waals surface area contributed by atoms with Crippen LogP contribution in [-0.2, 0) is 24.4 Å². The molecule has 0 aromatic carbocycles. The quantitative estimate of drug-likeness (QED) is 0.137. The van der Waals surface area contributed by atoms with Gasteiger partial charge in [0.05, 0.1) is 22.5 Å². The fraction of sp³-hybridized carbons (Fsp3) is 0.615. The number of carbonyl (C=O) groups is 1. The van der Waals surface area contributed by atoms with Crippen LogP contribution in [0.3, 0.4) is 0 Å². The Labute approximate surface area is 145 Å². The van der Waals surface area contributed by atoms with Gasteiger partial charge in [-0.3, -0.25) is 4.79 Å². The van der Waals surface area contributed by atoms with Gasteiger partial charge in [-0.1, -0.05) is 13.2 Å². The van der Waals surface area contributed by atoms with Crippen molar-refractivity contribution in [1.29, 1.82) is 0 Å². The Morgan fingerprint density at radius 2 is 1.58 bits per heavy atom. The largest absolute Gasteiger partial charge is 0.748 e. The molecule has 0 fully saturated rings. The molecular weight excluding hydrogens is 398 g/mol. The summed E-state index contributed by atoms with van der Waals surface area (Å²) in [6, 6.07) is 0. The van der Waals surface area contributed by atoms with Gasteiger partial charge < -0.3 is 14.0 Å². The average Bonchev–Trinajstić information content (AvgIpc) is 2.41. The molecule has 0 amide bonds. The lowest BCUT2D eigenvalue weighted by Gasteiger charge is -2.36. The molecule has 152 valence electrons. The van der Waals surface area contributed by atoms with Crippen molar-refractivity contribution in [3.05, 3.63) is 25.0 Å². The summed E-state index contributed by atoms with van der Waals surface area (Å²) in [5.41, 5.74) is -5.44. The molecule has 0 aromatic rings. The zero-order valence-corrected chi connectivity index (χ0v) is 14.0. The Kier molecular flexibility index (Phi) is 8.16. The molecule has 0 saturated heterocycles. The molecule has 26 heavy (non-hydrogen) atoms. The molecular formula is C13H15F6O6S-. The summed E-state index contributed by atoms with van der Waals surface area (Å²) in [6.07, 6.45) is -12.6. The Hall–Kier alpha value is -1.76. The summed E-state index contributed by atoms with van der Waals surface area (Å²) in [7, 11) is -6.04. The minimum Gasteiger partial charge on any atom is -0.748 e. The van der Waals surface area contributed by atoms with Gasteiger partial charge >= 0.3 is 23.9 Å². The number of ether oxygens (including phenoxy) is 2. The van der Waals surface area contributed by atoms with Crippen LogP contribution in [0.4, 0.5) is 26.3 Å². The molecule has 0 N–H and O–H groups in total. The van der Waals surface area contributed by atoms with Gasteiger partial charge in [-0.05, 0) is 18.9 Å². The predicted octanol–water partition coefficient (Wildman–Crippen LogP) is 2.82. The second-order valence-corrected chi connectivity index (χ2v) is 6.38. The number of hydrogen-bond donors (Lipinski definition) is 0. The van der Waals surface area contributed by atoms with Crippen LogP contribution in [0.15, 0.2) is 25.0 Å². The summed E-state index contributed by atoms with van der Waals surface area (Å²) in [5.74, 6) is -4.81. The van der Waals surface area contributed by atoms with Crippen molar-refractivity contribution < 1.29 is 53.6 Å². The van der Waals surface area contributed by atoms with E-state index in [1.807, 2.05) is 0 Å². The van der Waals surface area contributed by atoms with Gasteiger partial charge in [0.15, 0.2) is 0 Å². The summed E-state index contributed by atoms with van der Waals surface area (Å²) in [4.78, 5) is 11.4. The van der Waals surface area contributed by atoms with E-state index >= 15 is 0 Å². The maximum Gasteiger partial charge on any atom is 0.438 e. The molecule has 0 aliphatic carbocycles. The van der Waals surface area contributed by atoms with Crippen molar-refractivity contribution in [2.24, 2.45) is 0 Å². The average molecular weight is 413 g/mol. The molecule has 0 bridgehead atoms. The molecule has 0 saturated carbocycles. The lowest BCUT2D eigenvalue weighted by molar-refractivity contribution is -0.361. The van der Waals surface area contributed by atoms with E-state index in [2.05, 4.69) is 17.9 Å². The molecule has 0 atom stereocenters. The highest BCUT2D eigenvalue weighted by Crippen LogP contribution is 2.47. The fourth-order valence-electron chi connectivity index (χ4n) is 1.60. The highest BCUT2D eigenvalue weighted by atomic mass is 32.2. The standard InChI is InChI=1S/C13H16F6O6S/c1-3-9(2)24-7-5-4-6-10(20)25-11(12(14,15)16,13(17,18)19)8-26(21,22)23/h3H,1-2,4-8H2,(H,21,22,23)/p-1. The molecule has 0 aliphatic heterocycles. The van der Waals surface area contributed by atoms with Crippen LogP contribution in [0.2, 0.25) is 0 Å². The topological polar surface area (TPSA) is 92.7 Å². The van der Waals surface area contributed by atoms with E-state index < -0.39 is 46.2 Å². The van der Waals surface area contributed by atoms with Crippen LogP contribution >= 0.6 is 0 Å². The third-order valence-corrected chi connectivity index (χ3v) is 3.63. The lowest BCUT2D eigenvalue weighted by Crippen LogP contribution is -2.63. The van der Waals surface area contributed by atoms with Crippen molar-refractivity contribution in [3.8, 4) is 0 Å². The first kappa shape index (κ1) is 24.2. The predicted molar refractivity (Wildman–Crippen MR) is 74.6 cm³/mol. The third-order valence-electron chi connectivity index (χ3n) is 2.87. The number of carbonyl (C=O) groups excluding carboxylic acids is 1. The first-order valence-corrected chi connectivity index (χ1v) is 8.36. The van der Waals surface area contributed by atoms with Crippen molar-refractivity contribution in [2.75, 3.05) is 12.4 Å². The maximum atomic E-state index is 12.9. The molecule has 0 rings (SSSR count). The number of alkyl halides is 6. The molecule has 6 nitrogen and oxygen atoms in total. The Bertz CT molecular complexity index is 608. The minimum atomic E-state index is -6.37. The molecule has 0 heterocycles. The number of hydrogen-bond acceptors (Lipinski definition) is 6. The Balaban J connectivity index is 5.17. The highest BCUT2D eigenvalue weighted by molar-refractivity contribution is 7.85. The van der Waals surface area contributed by atoms with E-state index in [4.69, 9.17) is 4.74 Å². The third kappa shape index (κ3) is 7.23. The Morgan fingerprint density at radius 1 is 1.08 bits per heavy atom. The van der Waals surface area contributed by atoms with Crippen LogP contribution in [0.25, 0.3) is 0 Å². The summed E-state index contributed by atoms with van der Waals surface area (Å²) in [5, 5.41) is 0. The van der Waals surface area contributed by atoms with E-state index in [-0.39, 0.29) is 25.2 Å². The second kappa shape index (κ2) is 8.75. The number of esters is 1. The minimum absolute atomic E-state index is 0.0449. The molecule has 0 aliphatic rings. The SMILES string of the molecule is C=CC(=C)OCCCCC(=O)OC(CS(=O)(=O)[O-])(C(F)(F)F)C(F)(F)F. The number of unbranched alkanes of at least 4 members (excludes halogenated alkanes) is 1. The van der Waals surface area contributed by atoms with E-state index in [1.165, 1.54) is 6.08 Å². The molecule has 0 unspecified atom stereocenters. The number of rotatable bonds is 10. The fourth-order valence-corrected chi connectivity index (χ4v) is 2.48. The summed E-state index contributed by atoms with van der Waals surface area (Å²) >= 11 is 0. The monoisotopic (exact) mass is 413 g/mol. The van der Waals surface area contributed by atoms with Gasteiger partial charge in [0, 0.05) is 6.42 Å². The maximum absolute atomic E-state index is 12.9. The zero-order valence-electron chi connectivity index (χ0n) is 13.2. The summed E-state index contributed by atoms with van der Waals surface area (Å²) in [6.45, 7) is 6.65. The smallest absolute Gasteiger partial charge is 0.438 e. The van der Waals surface area contributed by atoms with Crippen molar-refractivity contribution in [2.45, 2.75) is 37.2 Å². The molecule has 0 aromatic heterocycles. The van der Waals surface area contributed by atoms with Gasteiger partial charge in [0.25, 0.3) is 0 Å². The van der Waals surface area contributed by atoms with E-state index in [9.17, 15) is 44.1 Å². The van der Waals surface area contributed by atoms with Crippen LogP contribution in [0, 0.1) is 0 Å². The zero-order chi connectivity index (χ0) is 20.8. The van der Waals surface area contributed by atoms with Crippen LogP contribution in [0.5, 0.6) is 0 Å².